The van der Waals surface area contributed by atoms with Crippen molar-refractivity contribution in [3.05, 3.63) is 47.1 Å². The van der Waals surface area contributed by atoms with Crippen molar-refractivity contribution in [1.29, 1.82) is 0 Å². The van der Waals surface area contributed by atoms with Crippen LogP contribution in [0.15, 0.2) is 28.8 Å². The van der Waals surface area contributed by atoms with Gasteiger partial charge in [0.05, 0.1) is 6.04 Å². The SMILES string of the molecule is Cc1nc(CCN(C)C(=O)[C@H]2OCC(=O)N(C)[C@@H]2c2ccccc2C)no1. The summed E-state index contributed by atoms with van der Waals surface area (Å²) < 4.78 is 10.6. The van der Waals surface area contributed by atoms with E-state index in [2.05, 4.69) is 10.1 Å². The average molecular weight is 372 g/mol. The summed E-state index contributed by atoms with van der Waals surface area (Å²) in [5.41, 5.74) is 1.92. The van der Waals surface area contributed by atoms with E-state index in [1.54, 1.807) is 30.8 Å². The van der Waals surface area contributed by atoms with Crippen LogP contribution in [0.5, 0.6) is 0 Å². The van der Waals surface area contributed by atoms with Gasteiger partial charge in [-0.05, 0) is 18.1 Å². The van der Waals surface area contributed by atoms with Crippen LogP contribution in [0.1, 0.15) is 28.9 Å². The smallest absolute Gasteiger partial charge is 0.254 e. The highest BCUT2D eigenvalue weighted by Crippen LogP contribution is 2.31. The van der Waals surface area contributed by atoms with Gasteiger partial charge in [0.2, 0.25) is 11.8 Å². The van der Waals surface area contributed by atoms with E-state index in [1.165, 1.54) is 0 Å². The van der Waals surface area contributed by atoms with Crippen LogP contribution >= 0.6 is 0 Å². The van der Waals surface area contributed by atoms with Gasteiger partial charge < -0.3 is 19.1 Å². The summed E-state index contributed by atoms with van der Waals surface area (Å²) in [7, 11) is 3.42. The van der Waals surface area contributed by atoms with E-state index < -0.39 is 12.1 Å². The van der Waals surface area contributed by atoms with Gasteiger partial charge in [0.25, 0.3) is 5.91 Å². The zero-order chi connectivity index (χ0) is 19.6. The third kappa shape index (κ3) is 4.00. The molecule has 1 aliphatic heterocycles. The fourth-order valence-corrected chi connectivity index (χ4v) is 3.25. The molecule has 0 unspecified atom stereocenters. The summed E-state index contributed by atoms with van der Waals surface area (Å²) in [4.78, 5) is 32.6. The Morgan fingerprint density at radius 3 is 2.74 bits per heavy atom. The monoisotopic (exact) mass is 372 g/mol. The van der Waals surface area contributed by atoms with Crippen LogP contribution in [0.25, 0.3) is 0 Å². The van der Waals surface area contributed by atoms with Gasteiger partial charge in [-0.15, -0.1) is 0 Å². The van der Waals surface area contributed by atoms with E-state index in [1.807, 2.05) is 31.2 Å². The van der Waals surface area contributed by atoms with Gasteiger partial charge in [0.1, 0.15) is 6.61 Å². The molecule has 144 valence electrons. The quantitative estimate of drug-likeness (QED) is 0.786. The molecule has 8 nitrogen and oxygen atoms in total. The number of hydrogen-bond acceptors (Lipinski definition) is 6. The van der Waals surface area contributed by atoms with Gasteiger partial charge in [-0.3, -0.25) is 9.59 Å². The highest BCUT2D eigenvalue weighted by atomic mass is 16.5. The van der Waals surface area contributed by atoms with Crippen LogP contribution in [-0.2, 0) is 20.7 Å². The van der Waals surface area contributed by atoms with E-state index in [9.17, 15) is 9.59 Å². The molecule has 3 rings (SSSR count). The molecule has 0 saturated carbocycles. The molecule has 27 heavy (non-hydrogen) atoms. The minimum Gasteiger partial charge on any atom is -0.356 e. The largest absolute Gasteiger partial charge is 0.356 e. The third-order valence-corrected chi connectivity index (χ3v) is 4.85. The first-order chi connectivity index (χ1) is 12.9. The molecule has 1 fully saturated rings. The predicted molar refractivity (Wildman–Crippen MR) is 96.8 cm³/mol. The van der Waals surface area contributed by atoms with Crippen LogP contribution in [0.3, 0.4) is 0 Å². The number of nitrogens with zero attached hydrogens (tertiary/aromatic N) is 4. The highest BCUT2D eigenvalue weighted by Gasteiger charge is 2.41. The molecular formula is C19H24N4O4. The minimum atomic E-state index is -0.759. The Balaban J connectivity index is 1.78. The zero-order valence-corrected chi connectivity index (χ0v) is 16.0. The maximum absolute atomic E-state index is 13.1. The number of carbonyl (C=O) groups is 2. The number of ether oxygens (including phenoxy) is 1. The van der Waals surface area contributed by atoms with Crippen molar-refractivity contribution in [3.8, 4) is 0 Å². The lowest BCUT2D eigenvalue weighted by Gasteiger charge is -2.40. The van der Waals surface area contributed by atoms with Crippen molar-refractivity contribution in [3.63, 3.8) is 0 Å². The van der Waals surface area contributed by atoms with Gasteiger partial charge in [-0.25, -0.2) is 0 Å². The van der Waals surface area contributed by atoms with Crippen LogP contribution in [-0.4, -0.2) is 65.1 Å². The molecule has 1 aliphatic rings. The molecule has 0 radical (unpaired) electrons. The van der Waals surface area contributed by atoms with Gasteiger partial charge in [-0.2, -0.15) is 4.98 Å². The van der Waals surface area contributed by atoms with Crippen molar-refractivity contribution in [2.24, 2.45) is 0 Å². The number of aromatic nitrogens is 2. The molecule has 2 amide bonds. The molecule has 1 aromatic heterocycles. The number of amides is 2. The Bertz CT molecular complexity index is 835. The Labute approximate surface area is 158 Å². The molecule has 0 N–H and O–H groups in total. The molecule has 0 spiro atoms. The summed E-state index contributed by atoms with van der Waals surface area (Å²) in [5.74, 6) is 0.730. The minimum absolute atomic E-state index is 0.104. The van der Waals surface area contributed by atoms with Crippen molar-refractivity contribution in [2.75, 3.05) is 27.2 Å². The highest BCUT2D eigenvalue weighted by molar-refractivity contribution is 5.86. The topological polar surface area (TPSA) is 88.8 Å². The second-order valence-electron chi connectivity index (χ2n) is 6.78. The summed E-state index contributed by atoms with van der Waals surface area (Å²) in [5, 5.41) is 3.85. The summed E-state index contributed by atoms with van der Waals surface area (Å²) in [6.07, 6.45) is -0.276. The average Bonchev–Trinajstić information content (AvgIpc) is 3.07. The van der Waals surface area contributed by atoms with Gasteiger partial charge in [0.15, 0.2) is 11.9 Å². The van der Waals surface area contributed by atoms with E-state index in [0.717, 1.165) is 11.1 Å². The Kier molecular flexibility index (Phi) is 5.55. The lowest BCUT2D eigenvalue weighted by Crippen LogP contribution is -2.53. The van der Waals surface area contributed by atoms with E-state index in [-0.39, 0.29) is 18.4 Å². The lowest BCUT2D eigenvalue weighted by molar-refractivity contribution is -0.166. The molecule has 0 aliphatic carbocycles. The summed E-state index contributed by atoms with van der Waals surface area (Å²) in [6.45, 7) is 4.01. The van der Waals surface area contributed by atoms with Crippen molar-refractivity contribution in [2.45, 2.75) is 32.4 Å². The summed E-state index contributed by atoms with van der Waals surface area (Å²) >= 11 is 0. The van der Waals surface area contributed by atoms with Gasteiger partial charge >= 0.3 is 0 Å². The standard InChI is InChI=1S/C19H24N4O4/c1-12-7-5-6-8-14(12)17-18(26-11-16(24)23(17)4)19(25)22(3)10-9-15-20-13(2)27-21-15/h5-8,17-18H,9-11H2,1-4H3/t17-,18+/m1/s1. The van der Waals surface area contributed by atoms with Crippen LogP contribution in [0.4, 0.5) is 0 Å². The normalized spacial score (nSPS) is 20.0. The number of morpholine rings is 1. The van der Waals surface area contributed by atoms with Crippen LogP contribution in [0, 0.1) is 13.8 Å². The fourth-order valence-electron chi connectivity index (χ4n) is 3.25. The molecule has 1 aromatic carbocycles. The summed E-state index contributed by atoms with van der Waals surface area (Å²) in [6, 6.07) is 7.27. The fraction of sp³-hybridized carbons (Fsp3) is 0.474. The maximum Gasteiger partial charge on any atom is 0.254 e. The van der Waals surface area contributed by atoms with Crippen LogP contribution in [0.2, 0.25) is 0 Å². The first-order valence-corrected chi connectivity index (χ1v) is 8.85. The first kappa shape index (κ1) is 19.0. The number of likely N-dealkylation sites (N-methyl/N-ethyl adjacent to an activating group) is 2. The molecular weight excluding hydrogens is 348 g/mol. The molecule has 2 heterocycles. The first-order valence-electron chi connectivity index (χ1n) is 8.85. The zero-order valence-electron chi connectivity index (χ0n) is 16.0. The second-order valence-corrected chi connectivity index (χ2v) is 6.78. The molecule has 8 heteroatoms. The number of carbonyl (C=O) groups excluding carboxylic acids is 2. The van der Waals surface area contributed by atoms with E-state index >= 15 is 0 Å². The van der Waals surface area contributed by atoms with Crippen molar-refractivity contribution >= 4 is 11.8 Å². The van der Waals surface area contributed by atoms with E-state index in [4.69, 9.17) is 9.26 Å². The van der Waals surface area contributed by atoms with Crippen LogP contribution < -0.4 is 0 Å². The number of aryl methyl sites for hydroxylation is 2. The molecule has 0 bridgehead atoms. The van der Waals surface area contributed by atoms with Gasteiger partial charge in [-0.1, -0.05) is 29.4 Å². The molecule has 2 aromatic rings. The van der Waals surface area contributed by atoms with Crippen molar-refractivity contribution < 1.29 is 18.8 Å². The Hall–Kier alpha value is -2.74. The Morgan fingerprint density at radius 1 is 1.33 bits per heavy atom. The maximum atomic E-state index is 13.1. The molecule has 1 saturated heterocycles. The van der Waals surface area contributed by atoms with E-state index in [0.29, 0.717) is 24.7 Å². The lowest BCUT2D eigenvalue weighted by atomic mass is 9.93. The number of hydrogen-bond donors (Lipinski definition) is 0. The van der Waals surface area contributed by atoms with Gasteiger partial charge in [0, 0.05) is 34.0 Å². The number of rotatable bonds is 5. The second kappa shape index (κ2) is 7.87. The molecule has 2 atom stereocenters. The van der Waals surface area contributed by atoms with Crippen molar-refractivity contribution in [1.82, 2.24) is 19.9 Å². The third-order valence-electron chi connectivity index (χ3n) is 4.85. The Morgan fingerprint density at radius 2 is 2.07 bits per heavy atom. The predicted octanol–water partition coefficient (Wildman–Crippen LogP) is 1.29. The number of benzene rings is 1.